The Bertz CT molecular complexity index is 202. The van der Waals surface area contributed by atoms with Crippen molar-refractivity contribution < 1.29 is 9.90 Å². The molecular weight excluding hydrogens is 190 g/mol. The lowest BCUT2D eigenvalue weighted by Crippen LogP contribution is -2.44. The number of piperidine rings is 1. The first-order valence-electron chi connectivity index (χ1n) is 6.05. The lowest BCUT2D eigenvalue weighted by Gasteiger charge is -2.36. The Morgan fingerprint density at radius 3 is 2.80 bits per heavy atom. The van der Waals surface area contributed by atoms with Gasteiger partial charge in [-0.3, -0.25) is 4.79 Å². The second-order valence-corrected chi connectivity index (χ2v) is 4.85. The Morgan fingerprint density at radius 2 is 2.20 bits per heavy atom. The van der Waals surface area contributed by atoms with E-state index in [-0.39, 0.29) is 18.6 Å². The van der Waals surface area contributed by atoms with Crippen molar-refractivity contribution in [2.75, 3.05) is 13.2 Å². The molecule has 88 valence electrons. The summed E-state index contributed by atoms with van der Waals surface area (Å²) in [5.41, 5.74) is 0. The van der Waals surface area contributed by atoms with Crippen molar-refractivity contribution in [1.82, 2.24) is 4.90 Å². The fourth-order valence-electron chi connectivity index (χ4n) is 2.24. The molecule has 1 aliphatic rings. The summed E-state index contributed by atoms with van der Waals surface area (Å²) >= 11 is 0. The summed E-state index contributed by atoms with van der Waals surface area (Å²) in [4.78, 5) is 13.9. The van der Waals surface area contributed by atoms with Gasteiger partial charge >= 0.3 is 0 Å². The van der Waals surface area contributed by atoms with E-state index in [0.717, 1.165) is 25.8 Å². The molecule has 1 amide bonds. The zero-order valence-electron chi connectivity index (χ0n) is 9.91. The fourth-order valence-corrected chi connectivity index (χ4v) is 2.24. The maximum Gasteiger partial charge on any atom is 0.223 e. The molecule has 3 heteroatoms. The number of hydrogen-bond acceptors (Lipinski definition) is 2. The van der Waals surface area contributed by atoms with Gasteiger partial charge in [-0.05, 0) is 31.6 Å². The summed E-state index contributed by atoms with van der Waals surface area (Å²) in [5.74, 6) is 0.692. The second-order valence-electron chi connectivity index (χ2n) is 4.85. The molecule has 0 radical (unpaired) electrons. The van der Waals surface area contributed by atoms with E-state index in [1.54, 1.807) is 0 Å². The van der Waals surface area contributed by atoms with Crippen LogP contribution < -0.4 is 0 Å². The Balaban J connectivity index is 2.51. The van der Waals surface area contributed by atoms with Gasteiger partial charge in [-0.1, -0.05) is 13.8 Å². The molecule has 15 heavy (non-hydrogen) atoms. The first-order chi connectivity index (χ1) is 7.15. The number of rotatable bonds is 4. The molecule has 1 saturated heterocycles. The maximum atomic E-state index is 11.9. The topological polar surface area (TPSA) is 40.5 Å². The lowest BCUT2D eigenvalue weighted by molar-refractivity contribution is -0.136. The van der Waals surface area contributed by atoms with E-state index in [1.165, 1.54) is 6.42 Å². The minimum atomic E-state index is 0.191. The molecule has 0 saturated carbocycles. The Labute approximate surface area is 92.5 Å². The van der Waals surface area contributed by atoms with Crippen molar-refractivity contribution in [2.45, 2.75) is 52.0 Å². The third kappa shape index (κ3) is 3.82. The number of nitrogens with zero attached hydrogens (tertiary/aromatic N) is 1. The molecular formula is C12H23NO2. The van der Waals surface area contributed by atoms with Crippen LogP contribution in [-0.2, 0) is 4.79 Å². The highest BCUT2D eigenvalue weighted by atomic mass is 16.3. The molecule has 0 bridgehead atoms. The van der Waals surface area contributed by atoms with E-state index in [2.05, 4.69) is 13.8 Å². The number of aliphatic hydroxyl groups excluding tert-OH is 1. The summed E-state index contributed by atoms with van der Waals surface area (Å²) < 4.78 is 0. The molecule has 1 rings (SSSR count). The maximum absolute atomic E-state index is 11.9. The highest BCUT2D eigenvalue weighted by Gasteiger charge is 2.26. The van der Waals surface area contributed by atoms with E-state index in [4.69, 9.17) is 5.11 Å². The molecule has 0 aromatic heterocycles. The molecule has 0 aromatic rings. The number of carbonyl (C=O) groups excluding carboxylic acids is 1. The van der Waals surface area contributed by atoms with Gasteiger partial charge in [0, 0.05) is 25.6 Å². The van der Waals surface area contributed by atoms with E-state index in [9.17, 15) is 4.79 Å². The average molecular weight is 213 g/mol. The number of carbonyl (C=O) groups is 1. The van der Waals surface area contributed by atoms with Gasteiger partial charge < -0.3 is 10.0 Å². The second kappa shape index (κ2) is 6.11. The molecule has 3 nitrogen and oxygen atoms in total. The van der Waals surface area contributed by atoms with E-state index in [1.807, 2.05) is 4.90 Å². The van der Waals surface area contributed by atoms with Crippen LogP contribution >= 0.6 is 0 Å². The third-order valence-corrected chi connectivity index (χ3v) is 2.99. The largest absolute Gasteiger partial charge is 0.396 e. The molecule has 1 aliphatic heterocycles. The summed E-state index contributed by atoms with van der Waals surface area (Å²) in [6.45, 7) is 5.22. The van der Waals surface area contributed by atoms with Crippen LogP contribution in [0.3, 0.4) is 0 Å². The zero-order chi connectivity index (χ0) is 11.3. The summed E-state index contributed by atoms with van der Waals surface area (Å²) in [5, 5.41) is 8.96. The van der Waals surface area contributed by atoms with E-state index in [0.29, 0.717) is 12.3 Å². The number of aliphatic hydroxyl groups is 1. The highest BCUT2D eigenvalue weighted by Crippen LogP contribution is 2.21. The molecule has 1 N–H and O–H groups in total. The van der Waals surface area contributed by atoms with Gasteiger partial charge in [0.1, 0.15) is 0 Å². The predicted octanol–water partition coefficient (Wildman–Crippen LogP) is 1.80. The quantitative estimate of drug-likeness (QED) is 0.773. The first-order valence-corrected chi connectivity index (χ1v) is 6.05. The van der Waals surface area contributed by atoms with Crippen LogP contribution in [0, 0.1) is 5.92 Å². The third-order valence-electron chi connectivity index (χ3n) is 2.99. The van der Waals surface area contributed by atoms with Gasteiger partial charge in [0.15, 0.2) is 0 Å². The van der Waals surface area contributed by atoms with Gasteiger partial charge in [-0.25, -0.2) is 0 Å². The lowest BCUT2D eigenvalue weighted by atomic mass is 9.98. The Hall–Kier alpha value is -0.570. The predicted molar refractivity (Wildman–Crippen MR) is 60.5 cm³/mol. The molecule has 0 aromatic carbocycles. The molecule has 1 heterocycles. The van der Waals surface area contributed by atoms with Crippen LogP contribution in [0.15, 0.2) is 0 Å². The van der Waals surface area contributed by atoms with Crippen molar-refractivity contribution in [3.05, 3.63) is 0 Å². The summed E-state index contributed by atoms with van der Waals surface area (Å²) in [6.07, 6.45) is 4.75. The van der Waals surface area contributed by atoms with Crippen LogP contribution in [0.4, 0.5) is 0 Å². The van der Waals surface area contributed by atoms with Gasteiger partial charge in [0.05, 0.1) is 0 Å². The zero-order valence-corrected chi connectivity index (χ0v) is 9.91. The summed E-state index contributed by atoms with van der Waals surface area (Å²) in [6, 6.07) is 0.287. The van der Waals surface area contributed by atoms with Crippen LogP contribution in [0.25, 0.3) is 0 Å². The fraction of sp³-hybridized carbons (Fsp3) is 0.917. The Morgan fingerprint density at radius 1 is 1.47 bits per heavy atom. The van der Waals surface area contributed by atoms with Crippen molar-refractivity contribution >= 4 is 5.91 Å². The van der Waals surface area contributed by atoms with E-state index >= 15 is 0 Å². The number of amides is 1. The standard InChI is InChI=1S/C12H23NO2/c1-10(2)9-12(15)13-7-4-3-5-11(13)6-8-14/h10-11,14H,3-9H2,1-2H3. The monoisotopic (exact) mass is 213 g/mol. The number of likely N-dealkylation sites (tertiary alicyclic amines) is 1. The normalized spacial score (nSPS) is 22.1. The van der Waals surface area contributed by atoms with Crippen LogP contribution in [-0.4, -0.2) is 35.1 Å². The molecule has 1 unspecified atom stereocenters. The molecule has 0 spiro atoms. The molecule has 1 fully saturated rings. The number of hydrogen-bond donors (Lipinski definition) is 1. The summed E-state index contributed by atoms with van der Waals surface area (Å²) in [7, 11) is 0. The smallest absolute Gasteiger partial charge is 0.223 e. The Kier molecular flexibility index (Phi) is 5.09. The van der Waals surface area contributed by atoms with Gasteiger partial charge in [-0.2, -0.15) is 0 Å². The van der Waals surface area contributed by atoms with Crippen molar-refractivity contribution in [2.24, 2.45) is 5.92 Å². The minimum Gasteiger partial charge on any atom is -0.396 e. The average Bonchev–Trinajstić information content (AvgIpc) is 2.18. The van der Waals surface area contributed by atoms with Gasteiger partial charge in [-0.15, -0.1) is 0 Å². The van der Waals surface area contributed by atoms with Crippen molar-refractivity contribution in [3.8, 4) is 0 Å². The van der Waals surface area contributed by atoms with Crippen LogP contribution in [0.5, 0.6) is 0 Å². The van der Waals surface area contributed by atoms with Crippen molar-refractivity contribution in [3.63, 3.8) is 0 Å². The van der Waals surface area contributed by atoms with E-state index < -0.39 is 0 Å². The van der Waals surface area contributed by atoms with Gasteiger partial charge in [0.2, 0.25) is 5.91 Å². The van der Waals surface area contributed by atoms with Crippen molar-refractivity contribution in [1.29, 1.82) is 0 Å². The molecule has 1 atom stereocenters. The molecule has 0 aliphatic carbocycles. The minimum absolute atomic E-state index is 0.191. The van der Waals surface area contributed by atoms with Crippen LogP contribution in [0.1, 0.15) is 46.0 Å². The first kappa shape index (κ1) is 12.5. The highest BCUT2D eigenvalue weighted by molar-refractivity contribution is 5.76. The van der Waals surface area contributed by atoms with Crippen LogP contribution in [0.2, 0.25) is 0 Å². The van der Waals surface area contributed by atoms with Gasteiger partial charge in [0.25, 0.3) is 0 Å². The SMILES string of the molecule is CC(C)CC(=O)N1CCCCC1CCO.